The van der Waals surface area contributed by atoms with Crippen LogP contribution in [0.4, 0.5) is 0 Å². The van der Waals surface area contributed by atoms with E-state index in [0.29, 0.717) is 12.1 Å². The third-order valence-corrected chi connectivity index (χ3v) is 3.44. The zero-order chi connectivity index (χ0) is 12.3. The summed E-state index contributed by atoms with van der Waals surface area (Å²) in [4.78, 5) is 14.8. The average Bonchev–Trinajstić information content (AvgIpc) is 2.38. The molecule has 1 atom stereocenters. The van der Waals surface area contributed by atoms with Gasteiger partial charge in [0.2, 0.25) is 0 Å². The molecule has 17 heavy (non-hydrogen) atoms. The average molecular weight is 251 g/mol. The maximum absolute atomic E-state index is 12.2. The normalized spacial score (nSPS) is 20.4. The number of benzene rings is 1. The number of likely N-dealkylation sites (tertiary alicyclic amines) is 1. The van der Waals surface area contributed by atoms with Crippen LogP contribution in [0, 0.1) is 5.92 Å². The number of piperidine rings is 1. The quantitative estimate of drug-likeness (QED) is 0.787. The summed E-state index contributed by atoms with van der Waals surface area (Å²) >= 11 is 4.24. The molecule has 1 aliphatic heterocycles. The number of carbonyl (C=O) groups excluding carboxylic acids is 1. The van der Waals surface area contributed by atoms with Gasteiger partial charge in [-0.2, -0.15) is 0 Å². The van der Waals surface area contributed by atoms with E-state index in [1.807, 2.05) is 23.1 Å². The van der Waals surface area contributed by atoms with Crippen LogP contribution in [0.25, 0.3) is 0 Å². The fourth-order valence-corrected chi connectivity index (χ4v) is 2.45. The lowest BCUT2D eigenvalue weighted by atomic mass is 9.98. The highest BCUT2D eigenvalue weighted by atomic mass is 32.1. The number of rotatable bonds is 2. The number of carbonyl (C=O) groups is 1. The van der Waals surface area contributed by atoms with Crippen molar-refractivity contribution in [2.45, 2.75) is 17.7 Å². The van der Waals surface area contributed by atoms with E-state index in [4.69, 9.17) is 5.11 Å². The zero-order valence-electron chi connectivity index (χ0n) is 9.67. The van der Waals surface area contributed by atoms with Crippen molar-refractivity contribution in [3.8, 4) is 0 Å². The molecule has 0 aromatic heterocycles. The summed E-state index contributed by atoms with van der Waals surface area (Å²) in [7, 11) is 0. The highest BCUT2D eigenvalue weighted by Gasteiger charge is 2.23. The molecule has 2 rings (SSSR count). The van der Waals surface area contributed by atoms with E-state index in [2.05, 4.69) is 12.6 Å². The number of nitrogens with zero attached hydrogens (tertiary/aromatic N) is 1. The van der Waals surface area contributed by atoms with Crippen molar-refractivity contribution in [1.82, 2.24) is 4.90 Å². The van der Waals surface area contributed by atoms with Crippen LogP contribution in [0.15, 0.2) is 29.2 Å². The van der Waals surface area contributed by atoms with Gasteiger partial charge in [-0.25, -0.2) is 0 Å². The molecular formula is C13H17NO2S. The Kier molecular flexibility index (Phi) is 4.07. The van der Waals surface area contributed by atoms with Crippen molar-refractivity contribution in [2.75, 3.05) is 19.7 Å². The first-order valence-electron chi connectivity index (χ1n) is 5.90. The first kappa shape index (κ1) is 12.5. The fraction of sp³-hybridized carbons (Fsp3) is 0.462. The maximum Gasteiger partial charge on any atom is 0.253 e. The number of amides is 1. The first-order chi connectivity index (χ1) is 8.20. The summed E-state index contributed by atoms with van der Waals surface area (Å²) in [5.41, 5.74) is 0.677. The molecule has 1 heterocycles. The summed E-state index contributed by atoms with van der Waals surface area (Å²) in [6.07, 6.45) is 1.98. The van der Waals surface area contributed by atoms with E-state index in [9.17, 15) is 4.79 Å². The molecular weight excluding hydrogens is 234 g/mol. The minimum Gasteiger partial charge on any atom is -0.396 e. The molecule has 1 unspecified atom stereocenters. The first-order valence-corrected chi connectivity index (χ1v) is 6.34. The van der Waals surface area contributed by atoms with Gasteiger partial charge < -0.3 is 10.0 Å². The number of hydrogen-bond donors (Lipinski definition) is 2. The van der Waals surface area contributed by atoms with Crippen molar-refractivity contribution in [3.63, 3.8) is 0 Å². The molecule has 92 valence electrons. The maximum atomic E-state index is 12.2. The molecule has 4 heteroatoms. The predicted octanol–water partition coefficient (Wildman–Crippen LogP) is 1.82. The zero-order valence-corrected chi connectivity index (χ0v) is 10.6. The minimum atomic E-state index is 0.0408. The molecule has 1 amide bonds. The molecule has 1 aromatic rings. The van der Waals surface area contributed by atoms with E-state index in [-0.39, 0.29) is 18.4 Å². The summed E-state index contributed by atoms with van der Waals surface area (Å²) < 4.78 is 0. The summed E-state index contributed by atoms with van der Waals surface area (Å²) in [5, 5.41) is 9.16. The van der Waals surface area contributed by atoms with Gasteiger partial charge in [-0.1, -0.05) is 6.07 Å². The summed E-state index contributed by atoms with van der Waals surface area (Å²) in [5.74, 6) is 0.269. The van der Waals surface area contributed by atoms with Crippen LogP contribution >= 0.6 is 12.6 Å². The molecule has 0 spiro atoms. The van der Waals surface area contributed by atoms with Gasteiger partial charge in [0.15, 0.2) is 0 Å². The van der Waals surface area contributed by atoms with Crippen LogP contribution in [0.5, 0.6) is 0 Å². The van der Waals surface area contributed by atoms with Crippen LogP contribution < -0.4 is 0 Å². The van der Waals surface area contributed by atoms with Gasteiger partial charge in [0, 0.05) is 30.2 Å². The lowest BCUT2D eigenvalue weighted by Crippen LogP contribution is -2.40. The second kappa shape index (κ2) is 5.56. The van der Waals surface area contributed by atoms with E-state index in [1.54, 1.807) is 6.07 Å². The lowest BCUT2D eigenvalue weighted by molar-refractivity contribution is 0.0620. The van der Waals surface area contributed by atoms with Gasteiger partial charge in [-0.3, -0.25) is 4.79 Å². The minimum absolute atomic E-state index is 0.0408. The molecule has 1 fully saturated rings. The van der Waals surface area contributed by atoms with Crippen LogP contribution in [-0.4, -0.2) is 35.6 Å². The second-order valence-corrected chi connectivity index (χ2v) is 5.01. The number of hydrogen-bond acceptors (Lipinski definition) is 3. The molecule has 1 N–H and O–H groups in total. The molecule has 0 radical (unpaired) electrons. The van der Waals surface area contributed by atoms with Gasteiger partial charge in [-0.15, -0.1) is 12.6 Å². The van der Waals surface area contributed by atoms with Gasteiger partial charge in [0.25, 0.3) is 5.91 Å². The summed E-state index contributed by atoms with van der Waals surface area (Å²) in [6, 6.07) is 7.29. The Bertz CT molecular complexity index is 408. The molecule has 1 saturated heterocycles. The molecule has 0 aliphatic carbocycles. The number of thiol groups is 1. The highest BCUT2D eigenvalue weighted by molar-refractivity contribution is 7.80. The standard InChI is InChI=1S/C13H17NO2S/c15-9-10-3-2-6-14(8-10)13(16)11-4-1-5-12(17)7-11/h1,4-5,7,10,15,17H,2-3,6,8-9H2. The summed E-state index contributed by atoms with van der Waals surface area (Å²) in [6.45, 7) is 1.61. The Morgan fingerprint density at radius 3 is 3.06 bits per heavy atom. The van der Waals surface area contributed by atoms with E-state index in [1.165, 1.54) is 0 Å². The lowest BCUT2D eigenvalue weighted by Gasteiger charge is -2.31. The van der Waals surface area contributed by atoms with E-state index in [0.717, 1.165) is 24.3 Å². The van der Waals surface area contributed by atoms with Crippen molar-refractivity contribution in [2.24, 2.45) is 5.92 Å². The SMILES string of the molecule is O=C(c1cccc(S)c1)N1CCCC(CO)C1. The van der Waals surface area contributed by atoms with Crippen molar-refractivity contribution >= 4 is 18.5 Å². The van der Waals surface area contributed by atoms with Crippen LogP contribution in [0.2, 0.25) is 0 Å². The highest BCUT2D eigenvalue weighted by Crippen LogP contribution is 2.19. The molecule has 1 aliphatic rings. The number of aliphatic hydroxyl groups is 1. The Labute approximate surface area is 107 Å². The van der Waals surface area contributed by atoms with Gasteiger partial charge in [0.05, 0.1) is 0 Å². The third kappa shape index (κ3) is 3.01. The van der Waals surface area contributed by atoms with Gasteiger partial charge in [0.1, 0.15) is 0 Å². The monoisotopic (exact) mass is 251 g/mol. The Balaban J connectivity index is 2.09. The topological polar surface area (TPSA) is 40.5 Å². The van der Waals surface area contributed by atoms with Gasteiger partial charge >= 0.3 is 0 Å². The van der Waals surface area contributed by atoms with Crippen LogP contribution in [0.3, 0.4) is 0 Å². The second-order valence-electron chi connectivity index (χ2n) is 4.49. The Hall–Kier alpha value is -1.00. The van der Waals surface area contributed by atoms with Crippen LogP contribution in [-0.2, 0) is 0 Å². The van der Waals surface area contributed by atoms with Crippen LogP contribution in [0.1, 0.15) is 23.2 Å². The van der Waals surface area contributed by atoms with Crippen molar-refractivity contribution in [1.29, 1.82) is 0 Å². The largest absolute Gasteiger partial charge is 0.396 e. The van der Waals surface area contributed by atoms with Crippen molar-refractivity contribution < 1.29 is 9.90 Å². The Morgan fingerprint density at radius 1 is 1.53 bits per heavy atom. The third-order valence-electron chi connectivity index (χ3n) is 3.16. The smallest absolute Gasteiger partial charge is 0.253 e. The molecule has 3 nitrogen and oxygen atoms in total. The van der Waals surface area contributed by atoms with E-state index >= 15 is 0 Å². The number of aliphatic hydroxyl groups excluding tert-OH is 1. The Morgan fingerprint density at radius 2 is 2.35 bits per heavy atom. The molecule has 0 bridgehead atoms. The molecule has 0 saturated carbocycles. The van der Waals surface area contributed by atoms with E-state index < -0.39 is 0 Å². The predicted molar refractivity (Wildman–Crippen MR) is 69.4 cm³/mol. The van der Waals surface area contributed by atoms with Gasteiger partial charge in [-0.05, 0) is 37.0 Å². The van der Waals surface area contributed by atoms with Crippen molar-refractivity contribution in [3.05, 3.63) is 29.8 Å². The molecule has 1 aromatic carbocycles. The fourth-order valence-electron chi connectivity index (χ4n) is 2.22.